The maximum atomic E-state index is 11.2. The van der Waals surface area contributed by atoms with E-state index in [0.29, 0.717) is 22.5 Å². The smallest absolute Gasteiger partial charge is 0.129 e. The lowest BCUT2D eigenvalue weighted by Crippen LogP contribution is -2.49. The molecule has 0 bridgehead atoms. The minimum absolute atomic E-state index is 0.331. The maximum absolute atomic E-state index is 11.2. The van der Waals surface area contributed by atoms with Gasteiger partial charge in [0.1, 0.15) is 5.78 Å². The highest BCUT2D eigenvalue weighted by atomic mass is 16.1. The number of carbonyl (C=O) groups excluding carboxylic acids is 1. The Morgan fingerprint density at radius 1 is 1.30 bits per heavy atom. The Kier molecular flexibility index (Phi) is 4.47. The Morgan fingerprint density at radius 3 is 2.65 bits per heavy atom. The van der Waals surface area contributed by atoms with E-state index in [-0.39, 0.29) is 0 Å². The Bertz CT molecular complexity index is 393. The van der Waals surface area contributed by atoms with E-state index < -0.39 is 0 Å². The topological polar surface area (TPSA) is 17.1 Å². The molecule has 1 nitrogen and oxygen atoms in total. The van der Waals surface area contributed by atoms with Crippen LogP contribution in [-0.4, -0.2) is 5.78 Å². The van der Waals surface area contributed by atoms with Crippen LogP contribution in [0.15, 0.2) is 12.2 Å². The summed E-state index contributed by atoms with van der Waals surface area (Å²) >= 11 is 0. The van der Waals surface area contributed by atoms with Crippen LogP contribution in [-0.2, 0) is 4.79 Å². The van der Waals surface area contributed by atoms with Gasteiger partial charge in [0.2, 0.25) is 0 Å². The highest BCUT2D eigenvalue weighted by Gasteiger charge is 2.52. The highest BCUT2D eigenvalue weighted by molar-refractivity contribution is 5.75. The molecule has 0 aliphatic heterocycles. The molecule has 20 heavy (non-hydrogen) atoms. The summed E-state index contributed by atoms with van der Waals surface area (Å²) in [7, 11) is 0. The Hall–Kier alpha value is -0.590. The third-order valence-electron chi connectivity index (χ3n) is 6.34. The van der Waals surface area contributed by atoms with Crippen molar-refractivity contribution in [3.8, 4) is 0 Å². The molecule has 114 valence electrons. The van der Waals surface area contributed by atoms with Crippen LogP contribution < -0.4 is 0 Å². The number of ketones is 1. The fraction of sp³-hybridized carbons (Fsp3) is 0.842. The first-order valence-electron chi connectivity index (χ1n) is 8.44. The Morgan fingerprint density at radius 2 is 2.00 bits per heavy atom. The number of Topliss-reactive ketones (excluding diaryl/α,β-unsaturated/α-hetero) is 1. The van der Waals surface area contributed by atoms with E-state index in [1.54, 1.807) is 6.92 Å². The normalized spacial score (nSPS) is 36.5. The molecule has 3 atom stereocenters. The zero-order valence-corrected chi connectivity index (χ0v) is 13.9. The SMILES string of the molecule is C=C1CCC2C(C)(C)CCC[C@]2(C)C1CCCC(C)=O. The zero-order chi connectivity index (χ0) is 15.0. The monoisotopic (exact) mass is 276 g/mol. The lowest BCUT2D eigenvalue weighted by atomic mass is 9.47. The molecule has 2 aliphatic rings. The number of allylic oxidation sites excluding steroid dienone is 1. The zero-order valence-electron chi connectivity index (χ0n) is 13.9. The summed E-state index contributed by atoms with van der Waals surface area (Å²) < 4.78 is 0. The van der Waals surface area contributed by atoms with Crippen LogP contribution in [0.25, 0.3) is 0 Å². The van der Waals surface area contributed by atoms with Crippen LogP contribution in [0.3, 0.4) is 0 Å². The molecule has 2 saturated carbocycles. The summed E-state index contributed by atoms with van der Waals surface area (Å²) in [6.45, 7) is 13.6. The van der Waals surface area contributed by atoms with Crippen LogP contribution in [0.1, 0.15) is 79.1 Å². The van der Waals surface area contributed by atoms with Crippen LogP contribution in [0.2, 0.25) is 0 Å². The van der Waals surface area contributed by atoms with E-state index in [4.69, 9.17) is 0 Å². The van der Waals surface area contributed by atoms with Gasteiger partial charge in [-0.05, 0) is 68.1 Å². The van der Waals surface area contributed by atoms with Crippen molar-refractivity contribution >= 4 is 5.78 Å². The minimum atomic E-state index is 0.331. The van der Waals surface area contributed by atoms with Gasteiger partial charge in [0, 0.05) is 6.42 Å². The Balaban J connectivity index is 2.15. The largest absolute Gasteiger partial charge is 0.300 e. The maximum Gasteiger partial charge on any atom is 0.129 e. The molecule has 1 heteroatoms. The number of carbonyl (C=O) groups is 1. The van der Waals surface area contributed by atoms with Gasteiger partial charge in [-0.15, -0.1) is 0 Å². The molecule has 0 aromatic heterocycles. The average Bonchev–Trinajstić information content (AvgIpc) is 2.31. The van der Waals surface area contributed by atoms with Crippen molar-refractivity contribution in [3.05, 3.63) is 12.2 Å². The second kappa shape index (κ2) is 5.66. The molecule has 0 heterocycles. The second-order valence-electron chi connectivity index (χ2n) is 8.24. The van der Waals surface area contributed by atoms with Gasteiger partial charge in [0.05, 0.1) is 0 Å². The van der Waals surface area contributed by atoms with Crippen molar-refractivity contribution in [2.75, 3.05) is 0 Å². The van der Waals surface area contributed by atoms with Crippen molar-refractivity contribution in [3.63, 3.8) is 0 Å². The lowest BCUT2D eigenvalue weighted by Gasteiger charge is -2.58. The van der Waals surface area contributed by atoms with Gasteiger partial charge >= 0.3 is 0 Å². The second-order valence-corrected chi connectivity index (χ2v) is 8.24. The average molecular weight is 276 g/mol. The molecule has 0 radical (unpaired) electrons. The summed E-state index contributed by atoms with van der Waals surface area (Å²) in [4.78, 5) is 11.2. The number of fused-ring (bicyclic) bond motifs is 1. The molecule has 0 N–H and O–H groups in total. The Labute approximate surface area is 125 Å². The predicted octanol–water partition coefficient (Wildman–Crippen LogP) is 5.54. The van der Waals surface area contributed by atoms with Crippen molar-refractivity contribution in [2.24, 2.45) is 22.7 Å². The van der Waals surface area contributed by atoms with Gasteiger partial charge < -0.3 is 4.79 Å². The van der Waals surface area contributed by atoms with Gasteiger partial charge in [-0.25, -0.2) is 0 Å². The number of rotatable bonds is 4. The first-order valence-corrected chi connectivity index (χ1v) is 8.44. The first-order chi connectivity index (χ1) is 9.27. The molecule has 0 spiro atoms. The molecule has 0 aromatic rings. The van der Waals surface area contributed by atoms with E-state index >= 15 is 0 Å². The van der Waals surface area contributed by atoms with Crippen LogP contribution in [0, 0.1) is 22.7 Å². The van der Waals surface area contributed by atoms with Crippen molar-refractivity contribution in [1.82, 2.24) is 0 Å². The highest BCUT2D eigenvalue weighted by Crippen LogP contribution is 2.61. The fourth-order valence-electron chi connectivity index (χ4n) is 5.36. The van der Waals surface area contributed by atoms with Gasteiger partial charge in [-0.1, -0.05) is 39.3 Å². The fourth-order valence-corrected chi connectivity index (χ4v) is 5.36. The van der Waals surface area contributed by atoms with Crippen LogP contribution >= 0.6 is 0 Å². The van der Waals surface area contributed by atoms with Crippen molar-refractivity contribution in [2.45, 2.75) is 79.1 Å². The number of hydrogen-bond donors (Lipinski definition) is 0. The third kappa shape index (κ3) is 2.87. The van der Waals surface area contributed by atoms with Crippen LogP contribution in [0.5, 0.6) is 0 Å². The molecule has 2 rings (SSSR count). The predicted molar refractivity (Wildman–Crippen MR) is 85.6 cm³/mol. The van der Waals surface area contributed by atoms with E-state index in [1.165, 1.54) is 44.1 Å². The molecular weight excluding hydrogens is 244 g/mol. The molecule has 0 amide bonds. The molecule has 2 unspecified atom stereocenters. The molecule has 0 aromatic carbocycles. The summed E-state index contributed by atoms with van der Waals surface area (Å²) in [6, 6.07) is 0. The summed E-state index contributed by atoms with van der Waals surface area (Å²) in [5.41, 5.74) is 2.37. The van der Waals surface area contributed by atoms with Crippen molar-refractivity contribution < 1.29 is 4.79 Å². The number of hydrogen-bond acceptors (Lipinski definition) is 1. The molecule has 2 aliphatic carbocycles. The molecule has 2 fully saturated rings. The van der Waals surface area contributed by atoms with E-state index in [2.05, 4.69) is 27.4 Å². The van der Waals surface area contributed by atoms with Gasteiger partial charge in [0.25, 0.3) is 0 Å². The van der Waals surface area contributed by atoms with Crippen molar-refractivity contribution in [1.29, 1.82) is 0 Å². The molecule has 0 saturated heterocycles. The van der Waals surface area contributed by atoms with Gasteiger partial charge in [0.15, 0.2) is 0 Å². The van der Waals surface area contributed by atoms with E-state index in [0.717, 1.165) is 18.8 Å². The van der Waals surface area contributed by atoms with E-state index in [1.807, 2.05) is 0 Å². The van der Waals surface area contributed by atoms with E-state index in [9.17, 15) is 4.79 Å². The van der Waals surface area contributed by atoms with Gasteiger partial charge in [-0.3, -0.25) is 0 Å². The standard InChI is InChI=1S/C19H32O/c1-14-10-11-17-18(3,4)12-7-13-19(17,5)16(14)9-6-8-15(2)20/h16-17H,1,6-13H2,2-5H3/t16?,17?,19-/m1/s1. The lowest BCUT2D eigenvalue weighted by molar-refractivity contribution is -0.117. The van der Waals surface area contributed by atoms with Gasteiger partial charge in [-0.2, -0.15) is 0 Å². The first kappa shape index (κ1) is 15.8. The minimum Gasteiger partial charge on any atom is -0.300 e. The molecular formula is C19H32O. The van der Waals surface area contributed by atoms with Crippen LogP contribution in [0.4, 0.5) is 0 Å². The third-order valence-corrected chi connectivity index (χ3v) is 6.34. The summed E-state index contributed by atoms with van der Waals surface area (Å²) in [6.07, 6.45) is 9.57. The summed E-state index contributed by atoms with van der Waals surface area (Å²) in [5, 5.41) is 0. The summed E-state index contributed by atoms with van der Waals surface area (Å²) in [5.74, 6) is 1.80. The quantitative estimate of drug-likeness (QED) is 0.616.